The molecule has 8 heteroatoms. The van der Waals surface area contributed by atoms with E-state index < -0.39 is 4.92 Å². The second-order valence-corrected chi connectivity index (χ2v) is 4.26. The van der Waals surface area contributed by atoms with Gasteiger partial charge in [0.25, 0.3) is 5.69 Å². The summed E-state index contributed by atoms with van der Waals surface area (Å²) in [6, 6.07) is 6.21. The molecule has 0 saturated heterocycles. The summed E-state index contributed by atoms with van der Waals surface area (Å²) in [4.78, 5) is 25.3. The number of anilines is 1. The van der Waals surface area contributed by atoms with E-state index in [1.54, 1.807) is 24.3 Å². The van der Waals surface area contributed by atoms with E-state index in [0.717, 1.165) is 5.56 Å². The van der Waals surface area contributed by atoms with Crippen molar-refractivity contribution in [1.29, 1.82) is 0 Å². The molecule has 3 aromatic rings. The molecule has 0 aliphatic carbocycles. The molecule has 0 unspecified atom stereocenters. The van der Waals surface area contributed by atoms with Crippen molar-refractivity contribution < 1.29 is 4.92 Å². The summed E-state index contributed by atoms with van der Waals surface area (Å²) in [5.41, 5.74) is 7.66. The first-order valence-corrected chi connectivity index (χ1v) is 6.02. The SMILES string of the molecule is Nc1ncnc2nc(/C=C/c3ccc([N+](=O)[O-])cc3)[nH]c12. The minimum Gasteiger partial charge on any atom is -0.382 e. The molecule has 0 aliphatic rings. The third kappa shape index (κ3) is 2.54. The molecule has 8 nitrogen and oxygen atoms in total. The maximum absolute atomic E-state index is 10.6. The first kappa shape index (κ1) is 12.7. The number of aromatic amines is 1. The molecular formula is C13H10N6O2. The fourth-order valence-electron chi connectivity index (χ4n) is 1.83. The summed E-state index contributed by atoms with van der Waals surface area (Å²) >= 11 is 0. The summed E-state index contributed by atoms with van der Waals surface area (Å²) in [7, 11) is 0. The molecule has 1 aromatic carbocycles. The lowest BCUT2D eigenvalue weighted by Crippen LogP contribution is -1.91. The number of benzene rings is 1. The number of aromatic nitrogens is 4. The van der Waals surface area contributed by atoms with Gasteiger partial charge in [0.1, 0.15) is 17.7 Å². The Morgan fingerprint density at radius 3 is 2.62 bits per heavy atom. The second kappa shape index (κ2) is 5.00. The summed E-state index contributed by atoms with van der Waals surface area (Å²) < 4.78 is 0. The Bertz CT molecular complexity index is 837. The quantitative estimate of drug-likeness (QED) is 0.559. The van der Waals surface area contributed by atoms with Crippen LogP contribution in [0.5, 0.6) is 0 Å². The Kier molecular flexibility index (Phi) is 3.03. The van der Waals surface area contributed by atoms with Crippen LogP contribution in [0, 0.1) is 10.1 Å². The van der Waals surface area contributed by atoms with Gasteiger partial charge in [-0.1, -0.05) is 6.08 Å². The molecule has 2 heterocycles. The number of nitrogen functional groups attached to an aromatic ring is 1. The van der Waals surface area contributed by atoms with Gasteiger partial charge in [0, 0.05) is 12.1 Å². The number of nitro groups is 1. The summed E-state index contributed by atoms with van der Waals surface area (Å²) in [6.45, 7) is 0. The van der Waals surface area contributed by atoms with Crippen LogP contribution in [0.15, 0.2) is 30.6 Å². The van der Waals surface area contributed by atoms with Crippen LogP contribution < -0.4 is 5.73 Å². The molecule has 0 radical (unpaired) electrons. The van der Waals surface area contributed by atoms with Crippen LogP contribution in [0.1, 0.15) is 11.4 Å². The Morgan fingerprint density at radius 2 is 1.95 bits per heavy atom. The first-order valence-electron chi connectivity index (χ1n) is 6.02. The third-order valence-corrected chi connectivity index (χ3v) is 2.87. The topological polar surface area (TPSA) is 124 Å². The van der Waals surface area contributed by atoms with Crippen LogP contribution >= 0.6 is 0 Å². The van der Waals surface area contributed by atoms with E-state index in [2.05, 4.69) is 19.9 Å². The molecule has 0 spiro atoms. The zero-order valence-corrected chi connectivity index (χ0v) is 10.7. The molecule has 2 aromatic heterocycles. The van der Waals surface area contributed by atoms with Gasteiger partial charge in [0.15, 0.2) is 11.5 Å². The molecule has 0 amide bonds. The van der Waals surface area contributed by atoms with Crippen molar-refractivity contribution >= 4 is 34.8 Å². The van der Waals surface area contributed by atoms with Crippen LogP contribution in [0.4, 0.5) is 11.5 Å². The van der Waals surface area contributed by atoms with Gasteiger partial charge in [-0.15, -0.1) is 0 Å². The number of fused-ring (bicyclic) bond motifs is 1. The molecule has 0 bridgehead atoms. The van der Waals surface area contributed by atoms with E-state index in [9.17, 15) is 10.1 Å². The van der Waals surface area contributed by atoms with Crippen molar-refractivity contribution in [2.75, 3.05) is 5.73 Å². The van der Waals surface area contributed by atoms with E-state index >= 15 is 0 Å². The van der Waals surface area contributed by atoms with Crippen molar-refractivity contribution in [3.63, 3.8) is 0 Å². The van der Waals surface area contributed by atoms with Crippen LogP contribution in [0.25, 0.3) is 23.3 Å². The summed E-state index contributed by atoms with van der Waals surface area (Å²) in [6.07, 6.45) is 4.87. The number of imidazole rings is 1. The van der Waals surface area contributed by atoms with Crippen LogP contribution in [0.2, 0.25) is 0 Å². The van der Waals surface area contributed by atoms with Crippen molar-refractivity contribution in [2.45, 2.75) is 0 Å². The average Bonchev–Trinajstić information content (AvgIpc) is 2.90. The van der Waals surface area contributed by atoms with E-state index in [0.29, 0.717) is 22.8 Å². The number of hydrogen-bond acceptors (Lipinski definition) is 6. The maximum atomic E-state index is 10.6. The third-order valence-electron chi connectivity index (χ3n) is 2.87. The largest absolute Gasteiger partial charge is 0.382 e. The van der Waals surface area contributed by atoms with Gasteiger partial charge in [-0.25, -0.2) is 15.0 Å². The fourth-order valence-corrected chi connectivity index (χ4v) is 1.83. The molecular weight excluding hydrogens is 272 g/mol. The number of rotatable bonds is 3. The van der Waals surface area contributed by atoms with Crippen LogP contribution in [0.3, 0.4) is 0 Å². The minimum absolute atomic E-state index is 0.0546. The number of nitrogens with two attached hydrogens (primary N) is 1. The number of H-pyrrole nitrogens is 1. The summed E-state index contributed by atoms with van der Waals surface area (Å²) in [5.74, 6) is 0.915. The molecule has 21 heavy (non-hydrogen) atoms. The average molecular weight is 282 g/mol. The highest BCUT2D eigenvalue weighted by Crippen LogP contribution is 2.16. The zero-order valence-electron chi connectivity index (χ0n) is 10.7. The molecule has 0 fully saturated rings. The van der Waals surface area contributed by atoms with Gasteiger partial charge in [0.05, 0.1) is 4.92 Å². The predicted molar refractivity (Wildman–Crippen MR) is 78.1 cm³/mol. The highest BCUT2D eigenvalue weighted by molar-refractivity contribution is 5.83. The highest BCUT2D eigenvalue weighted by Gasteiger charge is 2.05. The van der Waals surface area contributed by atoms with E-state index in [-0.39, 0.29) is 5.69 Å². The van der Waals surface area contributed by atoms with E-state index in [1.807, 2.05) is 0 Å². The first-order chi connectivity index (χ1) is 10.1. The predicted octanol–water partition coefficient (Wildman–Crippen LogP) is 2.01. The van der Waals surface area contributed by atoms with Gasteiger partial charge >= 0.3 is 0 Å². The number of nitro benzene ring substituents is 1. The van der Waals surface area contributed by atoms with Gasteiger partial charge < -0.3 is 10.7 Å². The zero-order chi connectivity index (χ0) is 14.8. The molecule has 0 saturated carbocycles. The van der Waals surface area contributed by atoms with Crippen LogP contribution in [-0.4, -0.2) is 24.9 Å². The van der Waals surface area contributed by atoms with Gasteiger partial charge in [-0.3, -0.25) is 10.1 Å². The van der Waals surface area contributed by atoms with Gasteiger partial charge in [-0.2, -0.15) is 0 Å². The van der Waals surface area contributed by atoms with Crippen molar-refractivity contribution in [3.05, 3.63) is 52.1 Å². The Morgan fingerprint density at radius 1 is 1.19 bits per heavy atom. The normalized spacial score (nSPS) is 11.2. The molecule has 3 rings (SSSR count). The lowest BCUT2D eigenvalue weighted by molar-refractivity contribution is -0.384. The minimum atomic E-state index is -0.436. The number of nitrogens with zero attached hydrogens (tertiary/aromatic N) is 4. The Balaban J connectivity index is 1.87. The maximum Gasteiger partial charge on any atom is 0.269 e. The van der Waals surface area contributed by atoms with Gasteiger partial charge in [-0.05, 0) is 23.8 Å². The Hall–Kier alpha value is -3.29. The number of nitrogens with one attached hydrogen (secondary N) is 1. The fraction of sp³-hybridized carbons (Fsp3) is 0. The lowest BCUT2D eigenvalue weighted by atomic mass is 10.2. The van der Waals surface area contributed by atoms with Crippen molar-refractivity contribution in [3.8, 4) is 0 Å². The summed E-state index contributed by atoms with van der Waals surface area (Å²) in [5, 5.41) is 10.6. The molecule has 0 aliphatic heterocycles. The standard InChI is InChI=1S/C13H10N6O2/c14-12-11-13(16-7-15-12)18-10(17-11)6-3-8-1-4-9(5-2-8)19(20)21/h1-7H,(H3,14,15,16,17,18)/b6-3+. The lowest BCUT2D eigenvalue weighted by Gasteiger charge is -1.93. The van der Waals surface area contributed by atoms with Crippen LogP contribution in [-0.2, 0) is 0 Å². The molecule has 104 valence electrons. The molecule has 0 atom stereocenters. The smallest absolute Gasteiger partial charge is 0.269 e. The highest BCUT2D eigenvalue weighted by atomic mass is 16.6. The second-order valence-electron chi connectivity index (χ2n) is 4.26. The van der Waals surface area contributed by atoms with Gasteiger partial charge in [0.2, 0.25) is 0 Å². The Labute approximate surface area is 118 Å². The van der Waals surface area contributed by atoms with Crippen molar-refractivity contribution in [1.82, 2.24) is 19.9 Å². The molecule has 3 N–H and O–H groups in total. The van der Waals surface area contributed by atoms with E-state index in [4.69, 9.17) is 5.73 Å². The number of hydrogen-bond donors (Lipinski definition) is 2. The monoisotopic (exact) mass is 282 g/mol. The van der Waals surface area contributed by atoms with Crippen molar-refractivity contribution in [2.24, 2.45) is 0 Å². The number of non-ortho nitro benzene ring substituents is 1. The van der Waals surface area contributed by atoms with E-state index in [1.165, 1.54) is 18.5 Å².